The van der Waals surface area contributed by atoms with Crippen molar-refractivity contribution in [3.63, 3.8) is 0 Å². The molecule has 2 amide bonds. The summed E-state index contributed by atoms with van der Waals surface area (Å²) in [6, 6.07) is 13.9. The molecular formula is C33H37Cl3N2O7Si. The van der Waals surface area contributed by atoms with Crippen molar-refractivity contribution < 1.29 is 33.3 Å². The molecule has 1 unspecified atom stereocenters. The van der Waals surface area contributed by atoms with Crippen LogP contribution in [0.2, 0.25) is 18.1 Å². The minimum absolute atomic E-state index is 0.0652. The van der Waals surface area contributed by atoms with Crippen LogP contribution in [-0.4, -0.2) is 67.2 Å². The van der Waals surface area contributed by atoms with Crippen LogP contribution in [0.1, 0.15) is 43.1 Å². The van der Waals surface area contributed by atoms with Gasteiger partial charge < -0.3 is 28.6 Å². The van der Waals surface area contributed by atoms with Crippen LogP contribution in [0, 0.1) is 0 Å². The van der Waals surface area contributed by atoms with Gasteiger partial charge in [0.15, 0.2) is 26.0 Å². The van der Waals surface area contributed by atoms with E-state index in [0.29, 0.717) is 6.42 Å². The Morgan fingerprint density at radius 2 is 1.67 bits per heavy atom. The molecule has 1 N–H and O–H groups in total. The molecule has 0 saturated carbocycles. The van der Waals surface area contributed by atoms with E-state index in [1.165, 1.54) is 24.1 Å². The van der Waals surface area contributed by atoms with Crippen molar-refractivity contribution in [1.29, 1.82) is 0 Å². The predicted octanol–water partition coefficient (Wildman–Crippen LogP) is 8.49. The van der Waals surface area contributed by atoms with Crippen molar-refractivity contribution in [1.82, 2.24) is 4.90 Å². The Hall–Kier alpha value is -3.15. The van der Waals surface area contributed by atoms with E-state index < -0.39 is 43.0 Å². The highest BCUT2D eigenvalue weighted by atomic mass is 35.6. The second kappa shape index (κ2) is 12.5. The number of alkyl halides is 3. The van der Waals surface area contributed by atoms with Gasteiger partial charge in [0, 0.05) is 12.3 Å². The van der Waals surface area contributed by atoms with Crippen molar-refractivity contribution in [3.05, 3.63) is 65.9 Å². The van der Waals surface area contributed by atoms with Gasteiger partial charge in [-0.15, -0.1) is 0 Å². The van der Waals surface area contributed by atoms with Gasteiger partial charge in [-0.1, -0.05) is 73.8 Å². The van der Waals surface area contributed by atoms with Crippen LogP contribution in [0.25, 0.3) is 16.3 Å². The van der Waals surface area contributed by atoms with Crippen LogP contribution >= 0.6 is 34.8 Å². The van der Waals surface area contributed by atoms with Gasteiger partial charge in [0.2, 0.25) is 3.79 Å². The van der Waals surface area contributed by atoms with E-state index in [-0.39, 0.29) is 27.8 Å². The Bertz CT molecular complexity index is 1720. The Balaban J connectivity index is 1.68. The number of anilines is 1. The first-order chi connectivity index (χ1) is 21.4. The van der Waals surface area contributed by atoms with Gasteiger partial charge in [-0.2, -0.15) is 0 Å². The first-order valence-electron chi connectivity index (χ1n) is 14.7. The summed E-state index contributed by atoms with van der Waals surface area (Å²) >= 11 is 17.9. The van der Waals surface area contributed by atoms with Crippen LogP contribution in [-0.2, 0) is 9.16 Å². The Morgan fingerprint density at radius 1 is 1.00 bits per heavy atom. The highest BCUT2D eigenvalue weighted by Gasteiger charge is 2.51. The lowest BCUT2D eigenvalue weighted by Crippen LogP contribution is -2.58. The van der Waals surface area contributed by atoms with Gasteiger partial charge in [-0.05, 0) is 70.7 Å². The Kier molecular flexibility index (Phi) is 9.26. The standard InChI is InChI=1S/C33H37Cl3N2O7Si/c1-32(2,3)46(6,7)45-30-26-14-22(20-8-9-21-13-23(42-4)11-10-19(21)12-20)17-37(26)29(40)24-15-28(43-5)27(39)16-25(24)38(30)31(41)44-18-33(34,35)36/h8-13,15-17,26,30,39H,14,18H2,1-7H3/t26-,30?/m0/s1. The topological polar surface area (TPSA) is 97.8 Å². The van der Waals surface area contributed by atoms with Crippen LogP contribution in [0.4, 0.5) is 10.5 Å². The van der Waals surface area contributed by atoms with Crippen molar-refractivity contribution in [2.45, 2.75) is 61.4 Å². The number of aromatic hydroxyl groups is 1. The number of hydrogen-bond acceptors (Lipinski definition) is 7. The second-order valence-corrected chi connectivity index (χ2v) is 20.2. The lowest BCUT2D eigenvalue weighted by Gasteiger charge is -2.44. The summed E-state index contributed by atoms with van der Waals surface area (Å²) in [6.07, 6.45) is 0.237. The van der Waals surface area contributed by atoms with Crippen molar-refractivity contribution >= 4 is 77.2 Å². The van der Waals surface area contributed by atoms with Crippen molar-refractivity contribution in [3.8, 4) is 17.2 Å². The van der Waals surface area contributed by atoms with Crippen molar-refractivity contribution in [2.75, 3.05) is 25.7 Å². The fraction of sp³-hybridized carbons (Fsp3) is 0.394. The molecule has 0 spiro atoms. The van der Waals surface area contributed by atoms with E-state index in [1.807, 2.05) is 30.3 Å². The van der Waals surface area contributed by atoms with E-state index in [1.54, 1.807) is 18.2 Å². The zero-order chi connectivity index (χ0) is 33.8. The number of benzene rings is 3. The van der Waals surface area contributed by atoms with E-state index in [4.69, 9.17) is 53.4 Å². The maximum Gasteiger partial charge on any atom is 0.416 e. The molecule has 0 aliphatic carbocycles. The molecule has 9 nitrogen and oxygen atoms in total. The molecule has 0 bridgehead atoms. The van der Waals surface area contributed by atoms with Crippen LogP contribution < -0.4 is 14.4 Å². The number of fused-ring (bicyclic) bond motifs is 3. The molecule has 0 fully saturated rings. The van der Waals surface area contributed by atoms with Crippen LogP contribution in [0.5, 0.6) is 17.2 Å². The van der Waals surface area contributed by atoms with Gasteiger partial charge in [-0.3, -0.25) is 4.79 Å². The monoisotopic (exact) mass is 706 g/mol. The Labute approximate surface area is 284 Å². The summed E-state index contributed by atoms with van der Waals surface area (Å²) < 4.78 is 21.3. The number of hydrogen-bond donors (Lipinski definition) is 1. The molecule has 0 radical (unpaired) electrons. The normalized spacial score (nSPS) is 18.6. The third kappa shape index (κ3) is 6.64. The molecule has 2 heterocycles. The lowest BCUT2D eigenvalue weighted by atomic mass is 9.98. The number of phenols is 1. The van der Waals surface area contributed by atoms with Crippen LogP contribution in [0.3, 0.4) is 0 Å². The molecule has 2 aliphatic heterocycles. The SMILES string of the molecule is COc1ccc2cc(C3=CN4C(=O)c5cc(OC)c(O)cc5N(C(=O)OCC(Cl)(Cl)Cl)C(O[Si](C)(C)C(C)(C)C)[C@@H]4C3)ccc2c1. The smallest absolute Gasteiger partial charge is 0.416 e. The average Bonchev–Trinajstić information content (AvgIpc) is 3.40. The van der Waals surface area contributed by atoms with Gasteiger partial charge in [0.05, 0.1) is 31.5 Å². The minimum Gasteiger partial charge on any atom is -0.504 e. The molecule has 2 atom stereocenters. The number of rotatable bonds is 6. The first kappa shape index (κ1) is 34.2. The number of nitrogens with zero attached hydrogens (tertiary/aromatic N) is 2. The summed E-state index contributed by atoms with van der Waals surface area (Å²) in [4.78, 5) is 31.3. The van der Waals surface area contributed by atoms with Crippen molar-refractivity contribution in [2.24, 2.45) is 0 Å². The molecular weight excluding hydrogens is 671 g/mol. The quantitative estimate of drug-likeness (QED) is 0.203. The number of carbonyl (C=O) groups is 2. The molecule has 2 aliphatic rings. The maximum atomic E-state index is 14.4. The average molecular weight is 708 g/mol. The molecule has 13 heteroatoms. The van der Waals surface area contributed by atoms with Gasteiger partial charge in [0.1, 0.15) is 12.4 Å². The first-order valence-corrected chi connectivity index (χ1v) is 18.7. The maximum absolute atomic E-state index is 14.4. The highest BCUT2D eigenvalue weighted by molar-refractivity contribution is 6.74. The number of phenolic OH excluding ortho intramolecular Hbond substituents is 1. The van der Waals surface area contributed by atoms with E-state index in [2.05, 4.69) is 39.9 Å². The molecule has 46 heavy (non-hydrogen) atoms. The number of ether oxygens (including phenoxy) is 3. The van der Waals surface area contributed by atoms with E-state index in [0.717, 1.165) is 27.7 Å². The zero-order valence-electron chi connectivity index (χ0n) is 26.7. The summed E-state index contributed by atoms with van der Waals surface area (Å²) in [7, 11) is 0.377. The van der Waals surface area contributed by atoms with Gasteiger partial charge >= 0.3 is 6.09 Å². The number of carbonyl (C=O) groups excluding carboxylic acids is 2. The fourth-order valence-electron chi connectivity index (χ4n) is 5.40. The second-order valence-electron chi connectivity index (χ2n) is 12.9. The lowest BCUT2D eigenvalue weighted by molar-refractivity contribution is 0.0585. The third-order valence-electron chi connectivity index (χ3n) is 8.88. The van der Waals surface area contributed by atoms with Gasteiger partial charge in [-0.25, -0.2) is 9.69 Å². The minimum atomic E-state index is -2.63. The van der Waals surface area contributed by atoms with Gasteiger partial charge in [0.25, 0.3) is 5.91 Å². The van der Waals surface area contributed by atoms with E-state index >= 15 is 0 Å². The number of halogens is 3. The molecule has 0 aromatic heterocycles. The van der Waals surface area contributed by atoms with E-state index in [9.17, 15) is 14.7 Å². The number of amides is 2. The predicted molar refractivity (Wildman–Crippen MR) is 184 cm³/mol. The fourth-order valence-corrected chi connectivity index (χ4v) is 6.78. The molecule has 0 saturated heterocycles. The molecule has 3 aromatic carbocycles. The zero-order valence-corrected chi connectivity index (χ0v) is 30.0. The molecule has 246 valence electrons. The largest absolute Gasteiger partial charge is 0.504 e. The molecule has 3 aromatic rings. The highest BCUT2D eigenvalue weighted by Crippen LogP contribution is 2.46. The summed E-state index contributed by atoms with van der Waals surface area (Å²) in [5.74, 6) is 0.145. The molecule has 5 rings (SSSR count). The number of methoxy groups -OCH3 is 2. The summed E-state index contributed by atoms with van der Waals surface area (Å²) in [6.45, 7) is 9.81. The third-order valence-corrected chi connectivity index (χ3v) is 13.7. The summed E-state index contributed by atoms with van der Waals surface area (Å²) in [5, 5.41) is 12.6. The van der Waals surface area contributed by atoms with Crippen LogP contribution in [0.15, 0.2) is 54.7 Å². The summed E-state index contributed by atoms with van der Waals surface area (Å²) in [5.41, 5.74) is 1.99. The Morgan fingerprint density at radius 3 is 2.30 bits per heavy atom.